The molecular formula is C17H10Cl2N2. The molecule has 0 saturated heterocycles. The molecule has 0 N–H and O–H groups in total. The minimum absolute atomic E-state index is 0.768. The summed E-state index contributed by atoms with van der Waals surface area (Å²) in [5, 5.41) is 19.2. The normalized spacial score (nSPS) is 20.0. The lowest BCUT2D eigenvalue weighted by molar-refractivity contribution is 0.707. The summed E-state index contributed by atoms with van der Waals surface area (Å²) >= 11 is 13.0. The molecule has 0 bridgehead atoms. The van der Waals surface area contributed by atoms with E-state index in [1.165, 1.54) is 0 Å². The second kappa shape index (κ2) is 4.50. The molecule has 0 heterocycles. The van der Waals surface area contributed by atoms with Crippen LogP contribution in [0.4, 0.5) is 0 Å². The van der Waals surface area contributed by atoms with Gasteiger partial charge in [-0.1, -0.05) is 83.9 Å². The highest BCUT2D eigenvalue weighted by Crippen LogP contribution is 2.80. The third-order valence-corrected chi connectivity index (χ3v) is 5.32. The van der Waals surface area contributed by atoms with Gasteiger partial charge >= 0.3 is 0 Å². The molecule has 1 aliphatic rings. The quantitative estimate of drug-likeness (QED) is 0.780. The number of hydrogen-bond donors (Lipinski definition) is 0. The number of rotatable bonds is 2. The molecular weight excluding hydrogens is 303 g/mol. The van der Waals surface area contributed by atoms with E-state index < -0.39 is 15.2 Å². The minimum Gasteiger partial charge on any atom is -0.196 e. The van der Waals surface area contributed by atoms with Crippen molar-refractivity contribution >= 4 is 23.2 Å². The van der Waals surface area contributed by atoms with E-state index in [1.807, 2.05) is 60.7 Å². The fourth-order valence-corrected chi connectivity index (χ4v) is 4.24. The molecule has 0 aromatic heterocycles. The zero-order chi connectivity index (χ0) is 15.1. The molecule has 0 spiro atoms. The first kappa shape index (κ1) is 14.0. The molecule has 102 valence electrons. The molecule has 2 aromatic rings. The summed E-state index contributed by atoms with van der Waals surface area (Å²) in [6, 6.07) is 22.6. The summed E-state index contributed by atoms with van der Waals surface area (Å²) < 4.78 is -1.49. The molecule has 3 rings (SSSR count). The summed E-state index contributed by atoms with van der Waals surface area (Å²) in [5.41, 5.74) is -1.02. The molecule has 0 atom stereocenters. The van der Waals surface area contributed by atoms with Gasteiger partial charge in [0.1, 0.15) is 0 Å². The van der Waals surface area contributed by atoms with Gasteiger partial charge in [-0.05, 0) is 11.1 Å². The number of benzene rings is 2. The van der Waals surface area contributed by atoms with Gasteiger partial charge in [-0.3, -0.25) is 0 Å². The Balaban J connectivity index is 2.36. The van der Waals surface area contributed by atoms with Gasteiger partial charge in [-0.2, -0.15) is 10.5 Å². The van der Waals surface area contributed by atoms with Crippen LogP contribution in [0.5, 0.6) is 0 Å². The van der Waals surface area contributed by atoms with Crippen molar-refractivity contribution in [2.75, 3.05) is 0 Å². The van der Waals surface area contributed by atoms with Crippen LogP contribution in [0.3, 0.4) is 0 Å². The van der Waals surface area contributed by atoms with Crippen LogP contribution < -0.4 is 0 Å². The summed E-state index contributed by atoms with van der Waals surface area (Å²) in [6.45, 7) is 0. The predicted molar refractivity (Wildman–Crippen MR) is 81.8 cm³/mol. The summed E-state index contributed by atoms with van der Waals surface area (Å²) in [6.07, 6.45) is 0. The van der Waals surface area contributed by atoms with Crippen LogP contribution in [0.15, 0.2) is 60.7 Å². The van der Waals surface area contributed by atoms with Crippen LogP contribution in [-0.4, -0.2) is 4.33 Å². The van der Waals surface area contributed by atoms with Gasteiger partial charge in [-0.25, -0.2) is 0 Å². The molecule has 2 aromatic carbocycles. The van der Waals surface area contributed by atoms with Crippen LogP contribution in [0.2, 0.25) is 0 Å². The first-order valence-electron chi connectivity index (χ1n) is 6.40. The van der Waals surface area contributed by atoms with Gasteiger partial charge in [0.15, 0.2) is 9.75 Å². The van der Waals surface area contributed by atoms with E-state index in [-0.39, 0.29) is 0 Å². The first-order chi connectivity index (χ1) is 10.1. The van der Waals surface area contributed by atoms with Crippen LogP contribution in [-0.2, 0) is 5.41 Å². The van der Waals surface area contributed by atoms with Gasteiger partial charge in [0.05, 0.1) is 17.6 Å². The molecule has 2 nitrogen and oxygen atoms in total. The zero-order valence-electron chi connectivity index (χ0n) is 10.9. The Hall–Kier alpha value is -2.00. The average molecular weight is 313 g/mol. The van der Waals surface area contributed by atoms with E-state index in [9.17, 15) is 10.5 Å². The Labute approximate surface area is 133 Å². The fourth-order valence-electron chi connectivity index (χ4n) is 3.16. The van der Waals surface area contributed by atoms with Crippen molar-refractivity contribution in [1.82, 2.24) is 0 Å². The van der Waals surface area contributed by atoms with Crippen molar-refractivity contribution in [1.29, 1.82) is 10.5 Å². The summed E-state index contributed by atoms with van der Waals surface area (Å²) in [4.78, 5) is 0. The predicted octanol–water partition coefficient (Wildman–Crippen LogP) is 4.19. The maximum Gasteiger partial charge on any atom is 0.194 e. The smallest absolute Gasteiger partial charge is 0.194 e. The topological polar surface area (TPSA) is 47.6 Å². The van der Waals surface area contributed by atoms with E-state index in [2.05, 4.69) is 12.1 Å². The monoisotopic (exact) mass is 312 g/mol. The van der Waals surface area contributed by atoms with Crippen molar-refractivity contribution in [3.8, 4) is 12.1 Å². The number of alkyl halides is 2. The van der Waals surface area contributed by atoms with Crippen molar-refractivity contribution < 1.29 is 0 Å². The molecule has 0 unspecified atom stereocenters. The molecule has 4 heteroatoms. The van der Waals surface area contributed by atoms with E-state index in [0.717, 1.165) is 11.1 Å². The van der Waals surface area contributed by atoms with Gasteiger partial charge < -0.3 is 0 Å². The largest absolute Gasteiger partial charge is 0.196 e. The molecule has 0 aliphatic heterocycles. The summed E-state index contributed by atoms with van der Waals surface area (Å²) in [7, 11) is 0. The van der Waals surface area contributed by atoms with E-state index in [4.69, 9.17) is 23.2 Å². The Kier molecular flexibility index (Phi) is 2.99. The van der Waals surface area contributed by atoms with Crippen molar-refractivity contribution in [2.45, 2.75) is 9.75 Å². The molecule has 21 heavy (non-hydrogen) atoms. The SMILES string of the molecule is N#CC1(C#N)C(Cl)(Cl)C1(c1ccccc1)c1ccccc1. The first-order valence-corrected chi connectivity index (χ1v) is 7.15. The average Bonchev–Trinajstić information content (AvgIpc) is 3.00. The third kappa shape index (κ3) is 1.42. The third-order valence-electron chi connectivity index (χ3n) is 4.19. The van der Waals surface area contributed by atoms with Gasteiger partial charge in [0.2, 0.25) is 0 Å². The zero-order valence-corrected chi connectivity index (χ0v) is 12.4. The number of nitriles is 2. The van der Waals surface area contributed by atoms with Crippen LogP contribution in [0.25, 0.3) is 0 Å². The lowest BCUT2D eigenvalue weighted by Gasteiger charge is -2.19. The highest BCUT2D eigenvalue weighted by Gasteiger charge is 2.90. The van der Waals surface area contributed by atoms with E-state index in [0.29, 0.717) is 0 Å². The van der Waals surface area contributed by atoms with Crippen molar-refractivity contribution in [2.24, 2.45) is 5.41 Å². The Morgan fingerprint density at radius 2 is 1.10 bits per heavy atom. The number of halogens is 2. The highest BCUT2D eigenvalue weighted by atomic mass is 35.5. The van der Waals surface area contributed by atoms with Gasteiger partial charge in [0, 0.05) is 0 Å². The Morgan fingerprint density at radius 3 is 1.38 bits per heavy atom. The highest BCUT2D eigenvalue weighted by molar-refractivity contribution is 6.54. The van der Waals surface area contributed by atoms with Crippen LogP contribution >= 0.6 is 23.2 Å². The second-order valence-corrected chi connectivity index (χ2v) is 6.36. The fraction of sp³-hybridized carbons (Fsp3) is 0.176. The Morgan fingerprint density at radius 1 is 0.714 bits per heavy atom. The van der Waals surface area contributed by atoms with E-state index >= 15 is 0 Å². The van der Waals surface area contributed by atoms with Crippen LogP contribution in [0.1, 0.15) is 11.1 Å². The maximum absolute atomic E-state index is 9.61. The second-order valence-electron chi connectivity index (χ2n) is 5.03. The van der Waals surface area contributed by atoms with Gasteiger partial charge in [0.25, 0.3) is 0 Å². The number of nitrogens with zero attached hydrogens (tertiary/aromatic N) is 2. The van der Waals surface area contributed by atoms with Gasteiger partial charge in [-0.15, -0.1) is 0 Å². The lowest BCUT2D eigenvalue weighted by atomic mass is 9.81. The standard InChI is InChI=1S/C17H10Cl2N2/c18-17(19)15(11-20,12-21)16(17,13-7-3-1-4-8-13)14-9-5-2-6-10-14/h1-10H. The van der Waals surface area contributed by atoms with Crippen molar-refractivity contribution in [3.63, 3.8) is 0 Å². The number of hydrogen-bond acceptors (Lipinski definition) is 2. The Bertz CT molecular complexity index is 701. The lowest BCUT2D eigenvalue weighted by Crippen LogP contribution is -2.19. The maximum atomic E-state index is 9.61. The molecule has 1 fully saturated rings. The molecule has 1 aliphatic carbocycles. The molecule has 0 amide bonds. The van der Waals surface area contributed by atoms with Crippen LogP contribution in [0, 0.1) is 28.1 Å². The van der Waals surface area contributed by atoms with Crippen molar-refractivity contribution in [3.05, 3.63) is 71.8 Å². The minimum atomic E-state index is -1.51. The molecule has 1 saturated carbocycles. The summed E-state index contributed by atoms with van der Waals surface area (Å²) in [5.74, 6) is 0. The van der Waals surface area contributed by atoms with E-state index in [1.54, 1.807) is 0 Å². The molecule has 0 radical (unpaired) electrons.